The van der Waals surface area contributed by atoms with Crippen molar-refractivity contribution in [1.29, 1.82) is 0 Å². The number of nitrogens with zero attached hydrogens (tertiary/aromatic N) is 3. The zero-order valence-corrected chi connectivity index (χ0v) is 18.8. The first-order valence-electron chi connectivity index (χ1n) is 10.6. The van der Waals surface area contributed by atoms with Crippen LogP contribution in [0.1, 0.15) is 15.9 Å². The zero-order chi connectivity index (χ0) is 23.5. The second kappa shape index (κ2) is 8.92. The number of hydrogen-bond acceptors (Lipinski definition) is 5. The van der Waals surface area contributed by atoms with Crippen molar-refractivity contribution in [3.8, 4) is 11.1 Å². The maximum Gasteiger partial charge on any atom is 0.254 e. The van der Waals surface area contributed by atoms with E-state index in [0.717, 1.165) is 16.7 Å². The van der Waals surface area contributed by atoms with Crippen LogP contribution >= 0.6 is 0 Å². The maximum atomic E-state index is 13.2. The minimum atomic E-state index is -3.68. The van der Waals surface area contributed by atoms with E-state index in [2.05, 4.69) is 15.3 Å². The third-order valence-electron chi connectivity index (χ3n) is 5.45. The summed E-state index contributed by atoms with van der Waals surface area (Å²) in [7, 11) is -3.68. The van der Waals surface area contributed by atoms with Crippen LogP contribution in [-0.2, 0) is 16.4 Å². The van der Waals surface area contributed by atoms with Gasteiger partial charge in [0.2, 0.25) is 15.6 Å². The van der Waals surface area contributed by atoms with E-state index in [4.69, 9.17) is 0 Å². The largest absolute Gasteiger partial charge is 0.348 e. The lowest BCUT2D eigenvalue weighted by atomic mass is 10.1. The maximum absolute atomic E-state index is 13.2. The number of nitrogens with one attached hydrogen (secondary N) is 1. The fraction of sp³-hybridized carbons (Fsp3) is 0.0385. The molecule has 8 heteroatoms. The molecule has 2 heterocycles. The lowest BCUT2D eigenvalue weighted by Crippen LogP contribution is -2.23. The molecule has 0 spiro atoms. The van der Waals surface area contributed by atoms with Gasteiger partial charge in [0.15, 0.2) is 0 Å². The van der Waals surface area contributed by atoms with Crippen molar-refractivity contribution in [2.24, 2.45) is 0 Å². The number of carbonyl (C=O) groups excluding carboxylic acids is 1. The van der Waals surface area contributed by atoms with Crippen LogP contribution in [-0.4, -0.2) is 28.7 Å². The van der Waals surface area contributed by atoms with E-state index in [1.54, 1.807) is 65.5 Å². The topological polar surface area (TPSA) is 93.4 Å². The van der Waals surface area contributed by atoms with Gasteiger partial charge in [-0.05, 0) is 41.0 Å². The van der Waals surface area contributed by atoms with Gasteiger partial charge in [-0.3, -0.25) is 9.20 Å². The number of rotatable bonds is 6. The normalized spacial score (nSPS) is 11.4. The average molecular weight is 469 g/mol. The lowest BCUT2D eigenvalue weighted by molar-refractivity contribution is 0.0950. The van der Waals surface area contributed by atoms with E-state index in [0.29, 0.717) is 11.3 Å². The number of hydrogen-bond donors (Lipinski definition) is 1. The third kappa shape index (κ3) is 4.31. The van der Waals surface area contributed by atoms with Crippen LogP contribution in [0.15, 0.2) is 113 Å². The summed E-state index contributed by atoms with van der Waals surface area (Å²) in [6.45, 7) is 0.255. The second-order valence-corrected chi connectivity index (χ2v) is 9.65. The minimum Gasteiger partial charge on any atom is -0.348 e. The first-order valence-corrected chi connectivity index (χ1v) is 12.1. The molecule has 2 aromatic heterocycles. The summed E-state index contributed by atoms with van der Waals surface area (Å²) in [5, 5.41) is 2.83. The molecule has 1 amide bonds. The van der Waals surface area contributed by atoms with Gasteiger partial charge in [-0.1, -0.05) is 54.6 Å². The van der Waals surface area contributed by atoms with Crippen molar-refractivity contribution < 1.29 is 13.2 Å². The van der Waals surface area contributed by atoms with Crippen molar-refractivity contribution in [2.75, 3.05) is 0 Å². The second-order valence-electron chi connectivity index (χ2n) is 7.70. The van der Waals surface area contributed by atoms with Gasteiger partial charge >= 0.3 is 0 Å². The smallest absolute Gasteiger partial charge is 0.254 e. The monoisotopic (exact) mass is 468 g/mol. The molecule has 34 heavy (non-hydrogen) atoms. The van der Waals surface area contributed by atoms with Gasteiger partial charge in [-0.15, -0.1) is 0 Å². The van der Waals surface area contributed by atoms with E-state index in [1.165, 1.54) is 6.20 Å². The molecule has 0 saturated heterocycles. The van der Waals surface area contributed by atoms with Gasteiger partial charge < -0.3 is 5.32 Å². The van der Waals surface area contributed by atoms with Crippen LogP contribution in [0.3, 0.4) is 0 Å². The highest BCUT2D eigenvalue weighted by atomic mass is 32.2. The zero-order valence-electron chi connectivity index (χ0n) is 18.0. The van der Waals surface area contributed by atoms with Crippen LogP contribution in [0.4, 0.5) is 0 Å². The molecule has 5 rings (SSSR count). The summed E-state index contributed by atoms with van der Waals surface area (Å²) in [6.07, 6.45) is 6.45. The molecule has 7 nitrogen and oxygen atoms in total. The van der Waals surface area contributed by atoms with Gasteiger partial charge in [0, 0.05) is 31.3 Å². The summed E-state index contributed by atoms with van der Waals surface area (Å²) < 4.78 is 28.0. The fourth-order valence-corrected chi connectivity index (χ4v) is 4.92. The molecule has 0 aliphatic carbocycles. The molecule has 0 saturated carbocycles. The summed E-state index contributed by atoms with van der Waals surface area (Å²) in [5.41, 5.74) is 2.97. The van der Waals surface area contributed by atoms with E-state index < -0.39 is 9.84 Å². The Balaban J connectivity index is 1.30. The molecule has 0 bridgehead atoms. The Morgan fingerprint density at radius 2 is 1.62 bits per heavy atom. The number of carbonyl (C=O) groups is 1. The van der Waals surface area contributed by atoms with Gasteiger partial charge in [0.1, 0.15) is 0 Å². The molecular formula is C26H20N4O3S. The van der Waals surface area contributed by atoms with Crippen LogP contribution in [0.2, 0.25) is 0 Å². The first-order chi connectivity index (χ1) is 16.5. The standard InChI is InChI=1S/C26H20N4O3S/c31-25(22-17-29-26-27-13-14-30(26)18-22)28-16-19-9-11-23(12-10-19)34(32,33)24-8-4-7-21(15-24)20-5-2-1-3-6-20/h1-15,17-18H,16H2,(H,28,31). The highest BCUT2D eigenvalue weighted by molar-refractivity contribution is 7.91. The summed E-state index contributed by atoms with van der Waals surface area (Å²) in [6, 6.07) is 23.1. The Labute approximate surface area is 196 Å². The molecule has 168 valence electrons. The van der Waals surface area contributed by atoms with Crippen molar-refractivity contribution in [2.45, 2.75) is 16.3 Å². The van der Waals surface area contributed by atoms with Gasteiger partial charge in [-0.25, -0.2) is 18.4 Å². The Morgan fingerprint density at radius 1 is 0.853 bits per heavy atom. The highest BCUT2D eigenvalue weighted by Gasteiger charge is 2.18. The fourth-order valence-electron chi connectivity index (χ4n) is 3.61. The average Bonchev–Trinajstić information content (AvgIpc) is 3.36. The van der Waals surface area contributed by atoms with Crippen molar-refractivity contribution >= 4 is 21.5 Å². The van der Waals surface area contributed by atoms with Crippen molar-refractivity contribution in [1.82, 2.24) is 19.7 Å². The van der Waals surface area contributed by atoms with Gasteiger partial charge in [0.25, 0.3) is 5.91 Å². The molecule has 0 fully saturated rings. The van der Waals surface area contributed by atoms with Gasteiger partial charge in [-0.2, -0.15) is 0 Å². The molecule has 0 atom stereocenters. The van der Waals surface area contributed by atoms with Gasteiger partial charge in [0.05, 0.1) is 15.4 Å². The molecule has 1 N–H and O–H groups in total. The lowest BCUT2D eigenvalue weighted by Gasteiger charge is -2.09. The third-order valence-corrected chi connectivity index (χ3v) is 7.21. The summed E-state index contributed by atoms with van der Waals surface area (Å²) >= 11 is 0. The number of amides is 1. The number of imidazole rings is 1. The van der Waals surface area contributed by atoms with Crippen molar-refractivity contribution in [3.05, 3.63) is 115 Å². The Kier molecular flexibility index (Phi) is 5.65. The number of fused-ring (bicyclic) bond motifs is 1. The summed E-state index contributed by atoms with van der Waals surface area (Å²) in [4.78, 5) is 21.1. The van der Waals surface area contributed by atoms with E-state index in [9.17, 15) is 13.2 Å². The first kappa shape index (κ1) is 21.5. The molecule has 0 aliphatic rings. The van der Waals surface area contributed by atoms with Crippen LogP contribution in [0, 0.1) is 0 Å². The Hall–Kier alpha value is -4.30. The highest BCUT2D eigenvalue weighted by Crippen LogP contribution is 2.26. The predicted octanol–water partition coefficient (Wildman–Crippen LogP) is 4.16. The number of aromatic nitrogens is 3. The molecule has 0 radical (unpaired) electrons. The van der Waals surface area contributed by atoms with Crippen LogP contribution < -0.4 is 5.32 Å². The number of sulfone groups is 1. The predicted molar refractivity (Wildman–Crippen MR) is 128 cm³/mol. The van der Waals surface area contributed by atoms with Crippen LogP contribution in [0.25, 0.3) is 16.9 Å². The molecule has 3 aromatic carbocycles. The van der Waals surface area contributed by atoms with E-state index in [-0.39, 0.29) is 22.2 Å². The van der Waals surface area contributed by atoms with E-state index >= 15 is 0 Å². The quantitative estimate of drug-likeness (QED) is 0.404. The molecule has 0 unspecified atom stereocenters. The van der Waals surface area contributed by atoms with E-state index in [1.807, 2.05) is 36.4 Å². The minimum absolute atomic E-state index is 0.197. The molecular weight excluding hydrogens is 448 g/mol. The Morgan fingerprint density at radius 3 is 2.41 bits per heavy atom. The van der Waals surface area contributed by atoms with Crippen LogP contribution in [0.5, 0.6) is 0 Å². The van der Waals surface area contributed by atoms with Crippen molar-refractivity contribution in [3.63, 3.8) is 0 Å². The Bertz CT molecular complexity index is 1580. The molecule has 5 aromatic rings. The molecule has 0 aliphatic heterocycles. The SMILES string of the molecule is O=C(NCc1ccc(S(=O)(=O)c2cccc(-c3ccccc3)c2)cc1)c1cnc2nccn2c1. The number of benzene rings is 3. The summed E-state index contributed by atoms with van der Waals surface area (Å²) in [5.74, 6) is 0.236.